The molecular formula is C33H41N7O4. The van der Waals surface area contributed by atoms with Crippen LogP contribution in [0.5, 0.6) is 0 Å². The summed E-state index contributed by atoms with van der Waals surface area (Å²) >= 11 is 0. The fourth-order valence-electron chi connectivity index (χ4n) is 4.46. The number of nitrogens with two attached hydrogens (primary N) is 2. The van der Waals surface area contributed by atoms with Gasteiger partial charge in [0.25, 0.3) is 5.91 Å². The molecule has 3 aromatic carbocycles. The molecule has 232 valence electrons. The van der Waals surface area contributed by atoms with Crippen molar-refractivity contribution in [2.45, 2.75) is 51.2 Å². The van der Waals surface area contributed by atoms with Crippen LogP contribution in [-0.2, 0) is 20.8 Å². The van der Waals surface area contributed by atoms with Crippen LogP contribution in [0.2, 0.25) is 0 Å². The minimum absolute atomic E-state index is 0.0636. The molecule has 0 bridgehead atoms. The van der Waals surface area contributed by atoms with Gasteiger partial charge in [0.1, 0.15) is 18.1 Å². The van der Waals surface area contributed by atoms with Crippen LogP contribution in [0.1, 0.15) is 42.6 Å². The van der Waals surface area contributed by atoms with E-state index in [9.17, 15) is 19.2 Å². The number of hydrogen-bond acceptors (Lipinski definition) is 5. The lowest BCUT2D eigenvalue weighted by molar-refractivity contribution is -0.132. The minimum Gasteiger partial charge on any atom is -0.370 e. The summed E-state index contributed by atoms with van der Waals surface area (Å²) in [5, 5.41) is 11.3. The Morgan fingerprint density at radius 3 is 1.89 bits per heavy atom. The minimum atomic E-state index is -0.987. The highest BCUT2D eigenvalue weighted by Crippen LogP contribution is 2.11. The molecule has 8 N–H and O–H groups in total. The van der Waals surface area contributed by atoms with Gasteiger partial charge in [-0.3, -0.25) is 24.2 Å². The van der Waals surface area contributed by atoms with E-state index < -0.39 is 41.8 Å². The molecule has 4 amide bonds. The number of anilines is 1. The number of nitrogens with one attached hydrogen (secondary N) is 4. The predicted molar refractivity (Wildman–Crippen MR) is 172 cm³/mol. The van der Waals surface area contributed by atoms with E-state index in [0.29, 0.717) is 17.7 Å². The second-order valence-electron chi connectivity index (χ2n) is 10.7. The number of amides is 4. The third-order valence-corrected chi connectivity index (χ3v) is 6.81. The summed E-state index contributed by atoms with van der Waals surface area (Å²) < 4.78 is 0. The van der Waals surface area contributed by atoms with Crippen molar-refractivity contribution in [2.75, 3.05) is 11.9 Å². The van der Waals surface area contributed by atoms with Gasteiger partial charge in [0, 0.05) is 24.2 Å². The van der Waals surface area contributed by atoms with Crippen molar-refractivity contribution in [2.24, 2.45) is 22.4 Å². The lowest BCUT2D eigenvalue weighted by atomic mass is 10.00. The molecule has 0 saturated carbocycles. The number of guanidine groups is 1. The lowest BCUT2D eigenvalue weighted by Crippen LogP contribution is -2.58. The molecule has 0 heterocycles. The van der Waals surface area contributed by atoms with Crippen LogP contribution in [0.4, 0.5) is 5.69 Å². The number of benzene rings is 3. The lowest BCUT2D eigenvalue weighted by Gasteiger charge is -2.27. The zero-order chi connectivity index (χ0) is 31.9. The monoisotopic (exact) mass is 599 g/mol. The van der Waals surface area contributed by atoms with Gasteiger partial charge in [-0.05, 0) is 48.6 Å². The van der Waals surface area contributed by atoms with E-state index in [2.05, 4.69) is 26.3 Å². The number of rotatable bonds is 15. The Morgan fingerprint density at radius 1 is 0.705 bits per heavy atom. The van der Waals surface area contributed by atoms with Crippen molar-refractivity contribution in [3.63, 3.8) is 0 Å². The fraction of sp³-hybridized carbons (Fsp3) is 0.303. The van der Waals surface area contributed by atoms with Gasteiger partial charge in [0.15, 0.2) is 5.96 Å². The molecule has 11 heteroatoms. The average Bonchev–Trinajstić information content (AvgIpc) is 3.01. The van der Waals surface area contributed by atoms with Crippen LogP contribution >= 0.6 is 0 Å². The first kappa shape index (κ1) is 33.3. The highest BCUT2D eigenvalue weighted by atomic mass is 16.2. The molecule has 0 spiro atoms. The van der Waals surface area contributed by atoms with Crippen LogP contribution in [0, 0.1) is 5.92 Å². The summed E-state index contributed by atoms with van der Waals surface area (Å²) in [4.78, 5) is 57.4. The molecule has 11 nitrogen and oxygen atoms in total. The van der Waals surface area contributed by atoms with Crippen molar-refractivity contribution in [1.29, 1.82) is 0 Å². The van der Waals surface area contributed by atoms with Gasteiger partial charge in [-0.1, -0.05) is 80.6 Å². The standard InChI is InChI=1S/C33H41N7O4/c1-22(2)28(32(44)38-26(19-12-20-36-33(34)35)30(42)37-25-17-10-5-11-18-25)40-31(43)27(21-23-13-6-3-7-14-23)39-29(41)24-15-8-4-9-16-24/h3-11,13-18,22,26-28H,12,19-21H2,1-2H3,(H,37,42)(H,38,44)(H,39,41)(H,40,43)(H4,34,35,36). The summed E-state index contributed by atoms with van der Waals surface area (Å²) in [5.74, 6) is -2.28. The van der Waals surface area contributed by atoms with E-state index in [1.165, 1.54) is 0 Å². The van der Waals surface area contributed by atoms with E-state index in [1.54, 1.807) is 68.4 Å². The SMILES string of the molecule is CC(C)C(NC(=O)C(Cc1ccccc1)NC(=O)c1ccccc1)C(=O)NC(CCCN=C(N)N)C(=O)Nc1ccccc1. The molecule has 3 rings (SSSR count). The van der Waals surface area contributed by atoms with Gasteiger partial charge in [0.05, 0.1) is 0 Å². The van der Waals surface area contributed by atoms with Crippen LogP contribution in [0.3, 0.4) is 0 Å². The Kier molecular flexibility index (Phi) is 12.9. The molecule has 3 unspecified atom stereocenters. The molecule has 0 radical (unpaired) electrons. The summed E-state index contributed by atoms with van der Waals surface area (Å²) in [6.45, 7) is 3.86. The van der Waals surface area contributed by atoms with Crippen molar-refractivity contribution in [1.82, 2.24) is 16.0 Å². The molecule has 3 atom stereocenters. The normalized spacial score (nSPS) is 12.7. The number of carbonyl (C=O) groups is 4. The molecule has 0 saturated heterocycles. The molecule has 0 aliphatic heterocycles. The molecular weight excluding hydrogens is 558 g/mol. The van der Waals surface area contributed by atoms with Crippen LogP contribution in [0.15, 0.2) is 96.0 Å². The number of hydrogen-bond donors (Lipinski definition) is 6. The molecule has 0 aliphatic carbocycles. The molecule has 0 aliphatic rings. The van der Waals surface area contributed by atoms with Crippen LogP contribution in [0.25, 0.3) is 0 Å². The number of para-hydroxylation sites is 1. The maximum atomic E-state index is 13.6. The van der Waals surface area contributed by atoms with Gasteiger partial charge >= 0.3 is 0 Å². The molecule has 0 aromatic heterocycles. The summed E-state index contributed by atoms with van der Waals surface area (Å²) in [7, 11) is 0. The summed E-state index contributed by atoms with van der Waals surface area (Å²) in [5.41, 5.74) is 12.7. The fourth-order valence-corrected chi connectivity index (χ4v) is 4.46. The quantitative estimate of drug-likeness (QED) is 0.0886. The van der Waals surface area contributed by atoms with E-state index in [1.807, 2.05) is 36.4 Å². The van der Waals surface area contributed by atoms with Gasteiger partial charge < -0.3 is 32.7 Å². The molecule has 0 fully saturated rings. The van der Waals surface area contributed by atoms with E-state index in [4.69, 9.17) is 11.5 Å². The Labute approximate surface area is 257 Å². The average molecular weight is 600 g/mol. The maximum Gasteiger partial charge on any atom is 0.251 e. The highest BCUT2D eigenvalue weighted by Gasteiger charge is 2.31. The number of carbonyl (C=O) groups excluding carboxylic acids is 4. The van der Waals surface area contributed by atoms with E-state index in [0.717, 1.165) is 5.56 Å². The Morgan fingerprint density at radius 2 is 1.30 bits per heavy atom. The number of nitrogens with zero attached hydrogens (tertiary/aromatic N) is 1. The third kappa shape index (κ3) is 10.9. The smallest absolute Gasteiger partial charge is 0.251 e. The molecule has 3 aromatic rings. The highest BCUT2D eigenvalue weighted by molar-refractivity contribution is 6.00. The first-order valence-electron chi connectivity index (χ1n) is 14.6. The van der Waals surface area contributed by atoms with Gasteiger partial charge in [-0.25, -0.2) is 0 Å². The van der Waals surface area contributed by atoms with Crippen LogP contribution in [-0.4, -0.2) is 54.3 Å². The van der Waals surface area contributed by atoms with E-state index >= 15 is 0 Å². The largest absolute Gasteiger partial charge is 0.370 e. The second kappa shape index (κ2) is 17.1. The van der Waals surface area contributed by atoms with Crippen molar-refractivity contribution in [3.05, 3.63) is 102 Å². The maximum absolute atomic E-state index is 13.6. The molecule has 44 heavy (non-hydrogen) atoms. The Balaban J connectivity index is 1.77. The van der Waals surface area contributed by atoms with Gasteiger partial charge in [0.2, 0.25) is 17.7 Å². The van der Waals surface area contributed by atoms with Crippen molar-refractivity contribution in [3.8, 4) is 0 Å². The van der Waals surface area contributed by atoms with Crippen molar-refractivity contribution < 1.29 is 19.2 Å². The summed E-state index contributed by atoms with van der Waals surface area (Å²) in [6, 6.07) is 23.9. The zero-order valence-electron chi connectivity index (χ0n) is 25.0. The number of aliphatic imine (C=N–C) groups is 1. The zero-order valence-corrected chi connectivity index (χ0v) is 25.0. The first-order chi connectivity index (χ1) is 21.1. The van der Waals surface area contributed by atoms with Gasteiger partial charge in [-0.2, -0.15) is 0 Å². The second-order valence-corrected chi connectivity index (χ2v) is 10.7. The predicted octanol–water partition coefficient (Wildman–Crippen LogP) is 2.35. The first-order valence-corrected chi connectivity index (χ1v) is 14.6. The van der Waals surface area contributed by atoms with E-state index in [-0.39, 0.29) is 31.3 Å². The topological polar surface area (TPSA) is 181 Å². The van der Waals surface area contributed by atoms with Crippen LogP contribution < -0.4 is 32.7 Å². The summed E-state index contributed by atoms with van der Waals surface area (Å²) in [6.07, 6.45) is 0.892. The third-order valence-electron chi connectivity index (χ3n) is 6.81. The van der Waals surface area contributed by atoms with Gasteiger partial charge in [-0.15, -0.1) is 0 Å². The Hall–Kier alpha value is -5.19. The Bertz CT molecular complexity index is 1400. The van der Waals surface area contributed by atoms with Crippen molar-refractivity contribution >= 4 is 35.3 Å².